The summed E-state index contributed by atoms with van der Waals surface area (Å²) in [5, 5.41) is 0. The third-order valence-corrected chi connectivity index (χ3v) is 2.38. The number of nitrogens with one attached hydrogen (secondary N) is 1. The fourth-order valence-electron chi connectivity index (χ4n) is 1.70. The average molecular weight is 244 g/mol. The molecule has 4 nitrogen and oxygen atoms in total. The number of aryl methyl sites for hydroxylation is 1. The lowest BCUT2D eigenvalue weighted by Gasteiger charge is -2.10. The van der Waals surface area contributed by atoms with Crippen LogP contribution in [0.1, 0.15) is 19.7 Å². The van der Waals surface area contributed by atoms with Crippen molar-refractivity contribution in [2.75, 3.05) is 0 Å². The van der Waals surface area contributed by atoms with Gasteiger partial charge in [0.1, 0.15) is 11.6 Å². The highest BCUT2D eigenvalue weighted by Crippen LogP contribution is 2.20. The van der Waals surface area contributed by atoms with Gasteiger partial charge in [0.05, 0.1) is 11.8 Å². The summed E-state index contributed by atoms with van der Waals surface area (Å²) in [4.78, 5) is 18.3. The largest absolute Gasteiger partial charge is 0.491 e. The van der Waals surface area contributed by atoms with Gasteiger partial charge in [-0.05, 0) is 45.0 Å². The van der Waals surface area contributed by atoms with Crippen LogP contribution in [0.4, 0.5) is 0 Å². The van der Waals surface area contributed by atoms with Crippen molar-refractivity contribution in [1.82, 2.24) is 9.97 Å². The van der Waals surface area contributed by atoms with Crippen molar-refractivity contribution in [2.24, 2.45) is 0 Å². The Labute approximate surface area is 106 Å². The highest BCUT2D eigenvalue weighted by Gasteiger charge is 2.03. The van der Waals surface area contributed by atoms with Gasteiger partial charge in [0.15, 0.2) is 0 Å². The second-order valence-electron chi connectivity index (χ2n) is 4.41. The van der Waals surface area contributed by atoms with E-state index in [2.05, 4.69) is 9.97 Å². The molecule has 2 aromatic rings. The summed E-state index contributed by atoms with van der Waals surface area (Å²) in [5.74, 6) is 1.43. The lowest BCUT2D eigenvalue weighted by atomic mass is 10.1. The van der Waals surface area contributed by atoms with E-state index in [9.17, 15) is 4.79 Å². The number of aromatic nitrogens is 2. The molecule has 0 bridgehead atoms. The van der Waals surface area contributed by atoms with Crippen molar-refractivity contribution in [2.45, 2.75) is 26.9 Å². The first-order valence-electron chi connectivity index (χ1n) is 5.89. The van der Waals surface area contributed by atoms with E-state index in [0.29, 0.717) is 11.5 Å². The number of rotatable bonds is 3. The normalized spacial score (nSPS) is 10.7. The minimum atomic E-state index is -0.139. The number of ether oxygens (including phenoxy) is 1. The summed E-state index contributed by atoms with van der Waals surface area (Å²) in [6, 6.07) is 9.06. The molecule has 1 N–H and O–H groups in total. The van der Waals surface area contributed by atoms with E-state index in [4.69, 9.17) is 4.74 Å². The Bertz CT molecular complexity index is 585. The molecule has 0 fully saturated rings. The van der Waals surface area contributed by atoms with E-state index in [1.807, 2.05) is 38.1 Å². The maximum Gasteiger partial charge on any atom is 0.251 e. The highest BCUT2D eigenvalue weighted by atomic mass is 16.5. The SMILES string of the molecule is Cc1nc(-c2ccc(OC(C)C)cc2)cc(=O)[nH]1. The molecule has 18 heavy (non-hydrogen) atoms. The molecule has 0 spiro atoms. The molecule has 1 heterocycles. The zero-order valence-corrected chi connectivity index (χ0v) is 10.7. The van der Waals surface area contributed by atoms with Gasteiger partial charge in [-0.25, -0.2) is 4.98 Å². The molecule has 0 amide bonds. The van der Waals surface area contributed by atoms with Crippen LogP contribution < -0.4 is 10.3 Å². The third kappa shape index (κ3) is 2.97. The zero-order chi connectivity index (χ0) is 13.1. The number of H-pyrrole nitrogens is 1. The summed E-state index contributed by atoms with van der Waals surface area (Å²) < 4.78 is 5.56. The van der Waals surface area contributed by atoms with Gasteiger partial charge in [0.2, 0.25) is 0 Å². The van der Waals surface area contributed by atoms with Crippen LogP contribution in [0.3, 0.4) is 0 Å². The highest BCUT2D eigenvalue weighted by molar-refractivity contribution is 5.59. The van der Waals surface area contributed by atoms with Gasteiger partial charge < -0.3 is 9.72 Å². The van der Waals surface area contributed by atoms with Gasteiger partial charge in [-0.15, -0.1) is 0 Å². The molecule has 0 unspecified atom stereocenters. The molecule has 4 heteroatoms. The predicted octanol–water partition coefficient (Wildman–Crippen LogP) is 2.53. The van der Waals surface area contributed by atoms with Gasteiger partial charge in [-0.3, -0.25) is 4.79 Å². The molecule has 0 radical (unpaired) electrons. The molecule has 94 valence electrons. The zero-order valence-electron chi connectivity index (χ0n) is 10.7. The second-order valence-corrected chi connectivity index (χ2v) is 4.41. The summed E-state index contributed by atoms with van der Waals surface area (Å²) in [5.41, 5.74) is 1.44. The van der Waals surface area contributed by atoms with Crippen LogP contribution in [-0.2, 0) is 0 Å². The van der Waals surface area contributed by atoms with E-state index < -0.39 is 0 Å². The first-order valence-corrected chi connectivity index (χ1v) is 5.89. The molecule has 0 aliphatic carbocycles. The summed E-state index contributed by atoms with van der Waals surface area (Å²) in [7, 11) is 0. The number of hydrogen-bond acceptors (Lipinski definition) is 3. The molecule has 0 saturated carbocycles. The summed E-state index contributed by atoms with van der Waals surface area (Å²) >= 11 is 0. The van der Waals surface area contributed by atoms with Crippen LogP contribution in [-0.4, -0.2) is 16.1 Å². The Hall–Kier alpha value is -2.10. The van der Waals surface area contributed by atoms with E-state index in [-0.39, 0.29) is 11.7 Å². The van der Waals surface area contributed by atoms with Gasteiger partial charge in [-0.2, -0.15) is 0 Å². The van der Waals surface area contributed by atoms with Crippen LogP contribution in [0.25, 0.3) is 11.3 Å². The van der Waals surface area contributed by atoms with Crippen LogP contribution in [0.15, 0.2) is 35.1 Å². The summed E-state index contributed by atoms with van der Waals surface area (Å²) in [6.07, 6.45) is 0.149. The topological polar surface area (TPSA) is 55.0 Å². The number of nitrogens with zero attached hydrogens (tertiary/aromatic N) is 1. The molecule has 0 aliphatic rings. The van der Waals surface area contributed by atoms with Crippen molar-refractivity contribution in [1.29, 1.82) is 0 Å². The van der Waals surface area contributed by atoms with E-state index in [1.54, 1.807) is 6.92 Å². The smallest absolute Gasteiger partial charge is 0.251 e. The van der Waals surface area contributed by atoms with Crippen molar-refractivity contribution in [3.8, 4) is 17.0 Å². The molecule has 1 aromatic carbocycles. The van der Waals surface area contributed by atoms with Gasteiger partial charge in [0, 0.05) is 11.6 Å². The van der Waals surface area contributed by atoms with E-state index in [1.165, 1.54) is 6.07 Å². The fraction of sp³-hybridized carbons (Fsp3) is 0.286. The Balaban J connectivity index is 2.31. The number of hydrogen-bond donors (Lipinski definition) is 1. The van der Waals surface area contributed by atoms with Crippen LogP contribution in [0.5, 0.6) is 5.75 Å². The van der Waals surface area contributed by atoms with E-state index in [0.717, 1.165) is 11.3 Å². The molecular weight excluding hydrogens is 228 g/mol. The van der Waals surface area contributed by atoms with E-state index >= 15 is 0 Å². The first kappa shape index (κ1) is 12.4. The predicted molar refractivity (Wildman–Crippen MR) is 70.8 cm³/mol. The van der Waals surface area contributed by atoms with Crippen LogP contribution in [0.2, 0.25) is 0 Å². The molecule has 0 aliphatic heterocycles. The monoisotopic (exact) mass is 244 g/mol. The number of benzene rings is 1. The summed E-state index contributed by atoms with van der Waals surface area (Å²) in [6.45, 7) is 5.73. The molecule has 1 aromatic heterocycles. The maximum atomic E-state index is 11.4. The standard InChI is InChI=1S/C14H16N2O2/c1-9(2)18-12-6-4-11(5-7-12)13-8-14(17)16-10(3)15-13/h4-9H,1-3H3,(H,15,16,17). The third-order valence-electron chi connectivity index (χ3n) is 2.38. The van der Waals surface area contributed by atoms with Gasteiger partial charge in [0.25, 0.3) is 5.56 Å². The lowest BCUT2D eigenvalue weighted by Crippen LogP contribution is -2.08. The Morgan fingerprint density at radius 3 is 2.44 bits per heavy atom. The van der Waals surface area contributed by atoms with Crippen molar-refractivity contribution in [3.63, 3.8) is 0 Å². The van der Waals surface area contributed by atoms with Crippen LogP contribution in [0, 0.1) is 6.92 Å². The number of aromatic amines is 1. The van der Waals surface area contributed by atoms with Crippen molar-refractivity contribution < 1.29 is 4.74 Å². The quantitative estimate of drug-likeness (QED) is 0.902. The first-order chi connectivity index (χ1) is 8.54. The van der Waals surface area contributed by atoms with Crippen molar-refractivity contribution >= 4 is 0 Å². The minimum absolute atomic E-state index is 0.139. The maximum absolute atomic E-state index is 11.4. The Kier molecular flexibility index (Phi) is 3.46. The minimum Gasteiger partial charge on any atom is -0.491 e. The molecule has 0 saturated heterocycles. The molecule has 0 atom stereocenters. The molecule has 2 rings (SSSR count). The van der Waals surface area contributed by atoms with Crippen LogP contribution >= 0.6 is 0 Å². The lowest BCUT2D eigenvalue weighted by molar-refractivity contribution is 0.242. The van der Waals surface area contributed by atoms with Gasteiger partial charge >= 0.3 is 0 Å². The second kappa shape index (κ2) is 5.04. The fourth-order valence-corrected chi connectivity index (χ4v) is 1.70. The van der Waals surface area contributed by atoms with Gasteiger partial charge in [-0.1, -0.05) is 0 Å². The Morgan fingerprint density at radius 1 is 1.22 bits per heavy atom. The van der Waals surface area contributed by atoms with Crippen molar-refractivity contribution in [3.05, 3.63) is 46.5 Å². The molecular formula is C14H16N2O2. The average Bonchev–Trinajstić information content (AvgIpc) is 2.27. The Morgan fingerprint density at radius 2 is 1.89 bits per heavy atom.